The smallest absolute Gasteiger partial charge is 0.242 e. The summed E-state index contributed by atoms with van der Waals surface area (Å²) in [4.78, 5) is 16.1. The number of nitrogens with zero attached hydrogens (tertiary/aromatic N) is 1. The molecule has 1 amide bonds. The van der Waals surface area contributed by atoms with Crippen molar-refractivity contribution < 1.29 is 19.0 Å². The summed E-state index contributed by atoms with van der Waals surface area (Å²) in [5.74, 6) is 1.40. The second-order valence-corrected chi connectivity index (χ2v) is 9.89. The average molecular weight is 525 g/mol. The topological polar surface area (TPSA) is 60.0 Å². The van der Waals surface area contributed by atoms with E-state index in [0.717, 1.165) is 36.3 Å². The van der Waals surface area contributed by atoms with E-state index < -0.39 is 6.04 Å². The molecule has 2 unspecified atom stereocenters. The van der Waals surface area contributed by atoms with E-state index in [2.05, 4.69) is 64.8 Å². The zero-order chi connectivity index (χ0) is 27.2. The van der Waals surface area contributed by atoms with Crippen LogP contribution in [0.15, 0.2) is 84.9 Å². The van der Waals surface area contributed by atoms with Gasteiger partial charge in [0.1, 0.15) is 6.04 Å². The van der Waals surface area contributed by atoms with Gasteiger partial charge in [0.2, 0.25) is 5.91 Å². The predicted octanol–water partition coefficient (Wildman–Crippen LogP) is 5.50. The third kappa shape index (κ3) is 5.77. The van der Waals surface area contributed by atoms with Crippen molar-refractivity contribution in [1.82, 2.24) is 10.2 Å². The van der Waals surface area contributed by atoms with Crippen LogP contribution in [-0.2, 0) is 22.4 Å². The molecule has 39 heavy (non-hydrogen) atoms. The van der Waals surface area contributed by atoms with Gasteiger partial charge in [-0.1, -0.05) is 72.8 Å². The van der Waals surface area contributed by atoms with Gasteiger partial charge >= 0.3 is 0 Å². The fourth-order valence-electron chi connectivity index (χ4n) is 5.67. The molecule has 0 saturated heterocycles. The quantitative estimate of drug-likeness (QED) is 0.278. The maximum absolute atomic E-state index is 13.8. The van der Waals surface area contributed by atoms with Crippen molar-refractivity contribution in [2.24, 2.45) is 0 Å². The number of hydrogen-bond acceptors (Lipinski definition) is 5. The van der Waals surface area contributed by atoms with Gasteiger partial charge in [0.15, 0.2) is 11.5 Å². The molecule has 6 heteroatoms. The lowest BCUT2D eigenvalue weighted by Crippen LogP contribution is -2.46. The van der Waals surface area contributed by atoms with Crippen molar-refractivity contribution in [1.29, 1.82) is 0 Å². The summed E-state index contributed by atoms with van der Waals surface area (Å²) in [6.45, 7) is 1.66. The van der Waals surface area contributed by atoms with Crippen molar-refractivity contribution in [3.8, 4) is 11.5 Å². The number of methoxy groups -OCH3 is 3. The summed E-state index contributed by atoms with van der Waals surface area (Å²) < 4.78 is 16.5. The molecule has 202 valence electrons. The Labute approximate surface area is 230 Å². The third-order valence-electron chi connectivity index (χ3n) is 7.59. The fourth-order valence-corrected chi connectivity index (χ4v) is 5.67. The third-order valence-corrected chi connectivity index (χ3v) is 7.59. The molecule has 1 aliphatic rings. The van der Waals surface area contributed by atoms with Crippen LogP contribution in [0, 0.1) is 0 Å². The molecule has 0 fully saturated rings. The van der Waals surface area contributed by atoms with Crippen LogP contribution in [0.2, 0.25) is 0 Å². The molecular formula is C33H36N2O4. The minimum Gasteiger partial charge on any atom is -0.493 e. The first-order chi connectivity index (χ1) is 19.1. The lowest BCUT2D eigenvalue weighted by molar-refractivity contribution is -0.128. The highest BCUT2D eigenvalue weighted by molar-refractivity contribution is 5.84. The van der Waals surface area contributed by atoms with Crippen LogP contribution in [0.3, 0.4) is 0 Å². The minimum absolute atomic E-state index is 0.0225. The van der Waals surface area contributed by atoms with Gasteiger partial charge in [-0.3, -0.25) is 9.69 Å². The number of hydrogen-bond donors (Lipinski definition) is 1. The Bertz CT molecular complexity index is 1420. The van der Waals surface area contributed by atoms with E-state index in [-0.39, 0.29) is 11.9 Å². The molecule has 0 saturated carbocycles. The van der Waals surface area contributed by atoms with E-state index in [1.54, 1.807) is 21.3 Å². The fraction of sp³-hybridized carbons (Fsp3) is 0.303. The predicted molar refractivity (Wildman–Crippen MR) is 154 cm³/mol. The van der Waals surface area contributed by atoms with E-state index in [1.807, 2.05) is 30.3 Å². The number of carbonyl (C=O) groups is 1. The molecule has 0 radical (unpaired) electrons. The van der Waals surface area contributed by atoms with E-state index in [4.69, 9.17) is 14.2 Å². The lowest BCUT2D eigenvalue weighted by Gasteiger charge is -2.42. The molecular weight excluding hydrogens is 488 g/mol. The molecule has 4 aromatic rings. The van der Waals surface area contributed by atoms with Crippen molar-refractivity contribution >= 4 is 16.7 Å². The Morgan fingerprint density at radius 3 is 2.36 bits per heavy atom. The SMILES string of the molecule is COCCNC(=O)C(c1ccccc1)N1CCc2cc(OC)c(OC)cc2C1Cc1ccc2ccccc2c1. The van der Waals surface area contributed by atoms with Crippen molar-refractivity contribution in [2.45, 2.75) is 24.9 Å². The molecule has 1 heterocycles. The number of carbonyl (C=O) groups excluding carboxylic acids is 1. The highest BCUT2D eigenvalue weighted by Crippen LogP contribution is 2.43. The summed E-state index contributed by atoms with van der Waals surface area (Å²) in [5, 5.41) is 5.53. The standard InChI is InChI=1S/C33H36N2O4/c1-37-18-16-34-33(36)32(25-10-5-4-6-11-25)35-17-15-27-21-30(38-2)31(39-3)22-28(27)29(35)20-23-13-14-24-9-7-8-12-26(24)19-23/h4-14,19,21-22,29,32H,15-18,20H2,1-3H3,(H,34,36). The van der Waals surface area contributed by atoms with Gasteiger partial charge in [-0.25, -0.2) is 0 Å². The lowest BCUT2D eigenvalue weighted by atomic mass is 9.85. The summed E-state index contributed by atoms with van der Waals surface area (Å²) >= 11 is 0. The number of amides is 1. The first-order valence-electron chi connectivity index (χ1n) is 13.4. The average Bonchev–Trinajstić information content (AvgIpc) is 2.98. The zero-order valence-corrected chi connectivity index (χ0v) is 22.9. The molecule has 1 aliphatic heterocycles. The van der Waals surface area contributed by atoms with E-state index in [9.17, 15) is 4.79 Å². The second-order valence-electron chi connectivity index (χ2n) is 9.89. The van der Waals surface area contributed by atoms with E-state index in [0.29, 0.717) is 18.9 Å². The molecule has 2 atom stereocenters. The van der Waals surface area contributed by atoms with E-state index >= 15 is 0 Å². The summed E-state index contributed by atoms with van der Waals surface area (Å²) in [6, 6.07) is 28.8. The molecule has 6 nitrogen and oxygen atoms in total. The molecule has 1 N–H and O–H groups in total. The van der Waals surface area contributed by atoms with Gasteiger partial charge in [-0.2, -0.15) is 0 Å². The summed E-state index contributed by atoms with van der Waals surface area (Å²) in [6.07, 6.45) is 1.56. The van der Waals surface area contributed by atoms with E-state index in [1.165, 1.54) is 21.9 Å². The molecule has 0 aliphatic carbocycles. The van der Waals surface area contributed by atoms with Crippen LogP contribution in [0.4, 0.5) is 0 Å². The molecule has 4 aromatic carbocycles. The van der Waals surface area contributed by atoms with Crippen molar-refractivity contribution in [2.75, 3.05) is 41.0 Å². The normalized spacial score (nSPS) is 15.9. The highest BCUT2D eigenvalue weighted by Gasteiger charge is 2.37. The molecule has 5 rings (SSSR count). The maximum Gasteiger partial charge on any atom is 0.242 e. The number of rotatable bonds is 10. The Morgan fingerprint density at radius 2 is 1.62 bits per heavy atom. The number of nitrogens with one attached hydrogen (secondary N) is 1. The second kappa shape index (κ2) is 12.3. The maximum atomic E-state index is 13.8. The van der Waals surface area contributed by atoms with Gasteiger partial charge in [-0.15, -0.1) is 0 Å². The van der Waals surface area contributed by atoms with Crippen LogP contribution in [0.25, 0.3) is 10.8 Å². The molecule has 0 aromatic heterocycles. The van der Waals surface area contributed by atoms with Crippen LogP contribution in [0.5, 0.6) is 11.5 Å². The summed E-state index contributed by atoms with van der Waals surface area (Å²) in [7, 11) is 4.98. The van der Waals surface area contributed by atoms with Gasteiger partial charge in [0, 0.05) is 26.2 Å². The molecule has 0 bridgehead atoms. The van der Waals surface area contributed by atoms with Gasteiger partial charge in [0.05, 0.1) is 20.8 Å². The first-order valence-corrected chi connectivity index (χ1v) is 13.4. The van der Waals surface area contributed by atoms with Gasteiger partial charge in [-0.05, 0) is 58.0 Å². The minimum atomic E-state index is -0.449. The van der Waals surface area contributed by atoms with Crippen molar-refractivity contribution in [3.63, 3.8) is 0 Å². The van der Waals surface area contributed by atoms with Crippen LogP contribution < -0.4 is 14.8 Å². The largest absolute Gasteiger partial charge is 0.493 e. The summed E-state index contributed by atoms with van der Waals surface area (Å²) in [5.41, 5.74) is 4.58. The van der Waals surface area contributed by atoms with Crippen LogP contribution in [0.1, 0.15) is 34.3 Å². The zero-order valence-electron chi connectivity index (χ0n) is 22.9. The van der Waals surface area contributed by atoms with Gasteiger partial charge < -0.3 is 19.5 Å². The van der Waals surface area contributed by atoms with Crippen LogP contribution in [-0.4, -0.2) is 51.8 Å². The van der Waals surface area contributed by atoms with Gasteiger partial charge in [0.25, 0.3) is 0 Å². The monoisotopic (exact) mass is 524 g/mol. The Morgan fingerprint density at radius 1 is 0.897 bits per heavy atom. The number of fused-ring (bicyclic) bond motifs is 2. The number of ether oxygens (including phenoxy) is 3. The Balaban J connectivity index is 1.60. The van der Waals surface area contributed by atoms with Crippen molar-refractivity contribution in [3.05, 3.63) is 107 Å². The Kier molecular flexibility index (Phi) is 8.45. The number of benzene rings is 4. The Hall–Kier alpha value is -3.87. The highest BCUT2D eigenvalue weighted by atomic mass is 16.5. The van der Waals surface area contributed by atoms with Crippen LogP contribution >= 0.6 is 0 Å². The first kappa shape index (κ1) is 26.7. The molecule has 0 spiro atoms.